The van der Waals surface area contributed by atoms with Gasteiger partial charge in [-0.15, -0.1) is 0 Å². The third-order valence-corrected chi connectivity index (χ3v) is 7.97. The zero-order chi connectivity index (χ0) is 30.8. The van der Waals surface area contributed by atoms with Gasteiger partial charge in [-0.2, -0.15) is 5.01 Å². The first-order valence-corrected chi connectivity index (χ1v) is 14.1. The Labute approximate surface area is 257 Å². The number of halogens is 2. The van der Waals surface area contributed by atoms with Crippen LogP contribution in [0.15, 0.2) is 78.4 Å². The molecule has 0 unspecified atom stereocenters. The lowest BCUT2D eigenvalue weighted by molar-refractivity contribution is -0.154. The van der Waals surface area contributed by atoms with Crippen molar-refractivity contribution < 1.29 is 33.4 Å². The number of amides is 3. The van der Waals surface area contributed by atoms with E-state index in [0.717, 1.165) is 15.6 Å². The van der Waals surface area contributed by atoms with Crippen LogP contribution in [0.3, 0.4) is 0 Å². The smallest absolute Gasteiger partial charge is 0.343 e. The van der Waals surface area contributed by atoms with Crippen molar-refractivity contribution in [2.24, 2.45) is 11.8 Å². The number of ether oxygens (including phenoxy) is 2. The molecule has 1 aliphatic carbocycles. The summed E-state index contributed by atoms with van der Waals surface area (Å²) in [7, 11) is 1.49. The molecule has 2 aliphatic rings. The van der Waals surface area contributed by atoms with Crippen LogP contribution in [0, 0.1) is 11.8 Å². The topological polar surface area (TPSA) is 110 Å². The van der Waals surface area contributed by atoms with E-state index in [1.807, 2.05) is 13.0 Å². The molecule has 5 rings (SSSR count). The summed E-state index contributed by atoms with van der Waals surface area (Å²) < 4.78 is 10.5. The van der Waals surface area contributed by atoms with Crippen molar-refractivity contribution in [1.29, 1.82) is 0 Å². The van der Waals surface area contributed by atoms with Gasteiger partial charge in [0, 0.05) is 10.6 Å². The SMILES string of the molecule is COc1cccc(C(=O)Oc2ccc(C(=O)CN(C(=O)c3ccc(Cl)cc3Cl)N3C(=O)[C@H]4CC=C(C)C[C@@H]4C3=O)cc2)c1. The fourth-order valence-corrected chi connectivity index (χ4v) is 5.63. The fourth-order valence-electron chi connectivity index (χ4n) is 5.15. The molecule has 0 radical (unpaired) electrons. The van der Waals surface area contributed by atoms with Gasteiger partial charge in [-0.25, -0.2) is 9.80 Å². The lowest BCUT2D eigenvalue weighted by Crippen LogP contribution is -2.52. The Bertz CT molecular complexity index is 1670. The lowest BCUT2D eigenvalue weighted by Gasteiger charge is -2.30. The summed E-state index contributed by atoms with van der Waals surface area (Å²) in [6.45, 7) is 1.26. The zero-order valence-corrected chi connectivity index (χ0v) is 24.7. The number of ketones is 1. The first-order valence-electron chi connectivity index (χ1n) is 13.4. The normalized spacial score (nSPS) is 17.7. The summed E-state index contributed by atoms with van der Waals surface area (Å²) in [4.78, 5) is 66.7. The number of hydrogen-bond donors (Lipinski definition) is 0. The Balaban J connectivity index is 1.38. The van der Waals surface area contributed by atoms with E-state index in [2.05, 4.69) is 0 Å². The minimum atomic E-state index is -0.802. The Morgan fingerprint density at radius 2 is 1.63 bits per heavy atom. The largest absolute Gasteiger partial charge is 0.497 e. The van der Waals surface area contributed by atoms with Crippen LogP contribution in [0.2, 0.25) is 10.0 Å². The molecule has 43 heavy (non-hydrogen) atoms. The number of imide groups is 1. The maximum absolute atomic E-state index is 13.8. The van der Waals surface area contributed by atoms with E-state index in [4.69, 9.17) is 32.7 Å². The van der Waals surface area contributed by atoms with Crippen LogP contribution in [0.5, 0.6) is 11.5 Å². The highest BCUT2D eigenvalue weighted by Crippen LogP contribution is 2.39. The molecular weight excluding hydrogens is 595 g/mol. The van der Waals surface area contributed by atoms with Gasteiger partial charge >= 0.3 is 5.97 Å². The number of methoxy groups -OCH3 is 1. The highest BCUT2D eigenvalue weighted by molar-refractivity contribution is 6.36. The van der Waals surface area contributed by atoms with E-state index in [9.17, 15) is 24.0 Å². The number of hydrogen-bond acceptors (Lipinski definition) is 7. The lowest BCUT2D eigenvalue weighted by atomic mass is 9.82. The maximum atomic E-state index is 13.8. The van der Waals surface area contributed by atoms with Crippen molar-refractivity contribution in [3.8, 4) is 11.5 Å². The maximum Gasteiger partial charge on any atom is 0.343 e. The number of hydrazine groups is 1. The molecule has 0 saturated carbocycles. The number of carbonyl (C=O) groups is 5. The number of nitrogens with zero attached hydrogens (tertiary/aromatic N) is 2. The number of rotatable bonds is 8. The highest BCUT2D eigenvalue weighted by atomic mass is 35.5. The van der Waals surface area contributed by atoms with Gasteiger partial charge in [0.25, 0.3) is 17.7 Å². The molecule has 3 aromatic rings. The summed E-state index contributed by atoms with van der Waals surface area (Å²) in [5.41, 5.74) is 1.39. The van der Waals surface area contributed by atoms with Crippen molar-refractivity contribution in [2.45, 2.75) is 19.8 Å². The standard InChI is InChI=1S/C32H26Cl2N2O7/c1-18-6-12-24-26(14-18)31(40)36(30(24)39)35(29(38)25-13-9-21(33)16-27(25)34)17-28(37)19-7-10-22(11-8-19)43-32(41)20-4-3-5-23(15-20)42-2/h3-11,13,15-16,24,26H,12,14,17H2,1-2H3/t24-,26-/m0/s1. The predicted molar refractivity (Wildman–Crippen MR) is 158 cm³/mol. The zero-order valence-electron chi connectivity index (χ0n) is 23.2. The molecule has 0 spiro atoms. The van der Waals surface area contributed by atoms with Crippen LogP contribution in [0.1, 0.15) is 50.8 Å². The number of carbonyl (C=O) groups excluding carboxylic acids is 5. The van der Waals surface area contributed by atoms with Gasteiger partial charge in [0.1, 0.15) is 18.0 Å². The van der Waals surface area contributed by atoms with Crippen LogP contribution in [0.4, 0.5) is 0 Å². The van der Waals surface area contributed by atoms with E-state index in [0.29, 0.717) is 18.6 Å². The molecule has 11 heteroatoms. The van der Waals surface area contributed by atoms with Gasteiger partial charge in [0.15, 0.2) is 5.78 Å². The van der Waals surface area contributed by atoms with E-state index in [1.54, 1.807) is 18.2 Å². The van der Waals surface area contributed by atoms with Crippen LogP contribution < -0.4 is 9.47 Å². The first kappa shape index (κ1) is 30.0. The fraction of sp³-hybridized carbons (Fsp3) is 0.219. The van der Waals surface area contributed by atoms with Crippen LogP contribution in [0.25, 0.3) is 0 Å². The second-order valence-corrected chi connectivity index (χ2v) is 11.1. The van der Waals surface area contributed by atoms with Crippen molar-refractivity contribution >= 4 is 52.7 Å². The van der Waals surface area contributed by atoms with E-state index in [1.165, 1.54) is 55.6 Å². The third-order valence-electron chi connectivity index (χ3n) is 7.42. The molecular formula is C32H26Cl2N2O7. The van der Waals surface area contributed by atoms with E-state index in [-0.39, 0.29) is 32.5 Å². The number of esters is 1. The second kappa shape index (κ2) is 12.4. The minimum Gasteiger partial charge on any atom is -0.497 e. The molecule has 9 nitrogen and oxygen atoms in total. The summed E-state index contributed by atoms with van der Waals surface area (Å²) in [6.07, 6.45) is 2.66. The average molecular weight is 621 g/mol. The van der Waals surface area contributed by atoms with Gasteiger partial charge in [-0.3, -0.25) is 19.2 Å². The highest BCUT2D eigenvalue weighted by Gasteiger charge is 2.52. The Morgan fingerprint density at radius 1 is 0.907 bits per heavy atom. The molecule has 1 heterocycles. The molecule has 1 aliphatic heterocycles. The van der Waals surface area contributed by atoms with E-state index < -0.39 is 47.9 Å². The predicted octanol–water partition coefficient (Wildman–Crippen LogP) is 5.80. The second-order valence-electron chi connectivity index (χ2n) is 10.2. The quantitative estimate of drug-likeness (QED) is 0.103. The van der Waals surface area contributed by atoms with Gasteiger partial charge in [0.05, 0.1) is 35.1 Å². The Kier molecular flexibility index (Phi) is 8.66. The summed E-state index contributed by atoms with van der Waals surface area (Å²) in [6, 6.07) is 16.4. The number of benzene rings is 3. The molecule has 0 N–H and O–H groups in total. The molecule has 1 saturated heterocycles. The van der Waals surface area contributed by atoms with Crippen LogP contribution in [-0.2, 0) is 9.59 Å². The third kappa shape index (κ3) is 6.18. The summed E-state index contributed by atoms with van der Waals surface area (Å²) in [5, 5.41) is 1.94. The van der Waals surface area contributed by atoms with Gasteiger partial charge in [-0.05, 0) is 80.4 Å². The summed E-state index contributed by atoms with van der Waals surface area (Å²) >= 11 is 12.3. The molecule has 2 atom stereocenters. The van der Waals surface area contributed by atoms with Crippen LogP contribution >= 0.6 is 23.2 Å². The Hall–Kier alpha value is -4.47. The number of allylic oxidation sites excluding steroid dienone is 2. The molecule has 3 aromatic carbocycles. The number of fused-ring (bicyclic) bond motifs is 1. The van der Waals surface area contributed by atoms with Crippen molar-refractivity contribution in [1.82, 2.24) is 10.0 Å². The molecule has 1 fully saturated rings. The minimum absolute atomic E-state index is 0.00572. The van der Waals surface area contributed by atoms with E-state index >= 15 is 0 Å². The van der Waals surface area contributed by atoms with Crippen molar-refractivity contribution in [3.63, 3.8) is 0 Å². The molecule has 220 valence electrons. The Morgan fingerprint density at radius 3 is 2.33 bits per heavy atom. The molecule has 3 amide bonds. The number of Topliss-reactive ketones (excluding diaryl/α,β-unsaturated/α-hetero) is 1. The summed E-state index contributed by atoms with van der Waals surface area (Å²) in [5.74, 6) is -3.65. The van der Waals surface area contributed by atoms with Gasteiger partial charge < -0.3 is 9.47 Å². The molecule has 0 aromatic heterocycles. The van der Waals surface area contributed by atoms with Crippen molar-refractivity contribution in [3.05, 3.63) is 105 Å². The molecule has 0 bridgehead atoms. The van der Waals surface area contributed by atoms with Gasteiger partial charge in [0.2, 0.25) is 0 Å². The van der Waals surface area contributed by atoms with Gasteiger partial charge in [-0.1, -0.05) is 40.9 Å². The first-order chi connectivity index (χ1) is 20.6. The van der Waals surface area contributed by atoms with Crippen molar-refractivity contribution in [2.75, 3.05) is 13.7 Å². The van der Waals surface area contributed by atoms with Crippen LogP contribution in [-0.4, -0.2) is 53.1 Å². The monoisotopic (exact) mass is 620 g/mol. The average Bonchev–Trinajstić information content (AvgIpc) is 3.24.